The molecular formula is C15H19FN2. The van der Waals surface area contributed by atoms with Crippen LogP contribution >= 0.6 is 0 Å². The topological polar surface area (TPSA) is 24.9 Å². The summed E-state index contributed by atoms with van der Waals surface area (Å²) >= 11 is 0. The molecule has 18 heavy (non-hydrogen) atoms. The van der Waals surface area contributed by atoms with Crippen molar-refractivity contribution in [2.75, 3.05) is 11.9 Å². The molecule has 0 bridgehead atoms. The lowest BCUT2D eigenvalue weighted by Gasteiger charge is -2.15. The van der Waals surface area contributed by atoms with Crippen LogP contribution in [0.5, 0.6) is 0 Å². The molecule has 0 amide bonds. The van der Waals surface area contributed by atoms with Crippen LogP contribution in [0.4, 0.5) is 10.1 Å². The highest BCUT2D eigenvalue weighted by Crippen LogP contribution is 2.29. The number of fused-ring (bicyclic) bond motifs is 1. The van der Waals surface area contributed by atoms with Crippen molar-refractivity contribution in [1.82, 2.24) is 4.98 Å². The fourth-order valence-electron chi connectivity index (χ4n) is 2.20. The van der Waals surface area contributed by atoms with Gasteiger partial charge in [0.05, 0.1) is 5.52 Å². The molecule has 1 N–H and O–H groups in total. The molecule has 2 rings (SSSR count). The summed E-state index contributed by atoms with van der Waals surface area (Å²) in [5, 5.41) is 4.27. The normalized spacial score (nSPS) is 10.9. The van der Waals surface area contributed by atoms with Crippen molar-refractivity contribution >= 4 is 16.6 Å². The second kappa shape index (κ2) is 5.34. The second-order valence-electron chi connectivity index (χ2n) is 4.50. The molecule has 1 aromatic carbocycles. The third-order valence-electron chi connectivity index (χ3n) is 3.18. The van der Waals surface area contributed by atoms with Gasteiger partial charge in [0.2, 0.25) is 0 Å². The second-order valence-corrected chi connectivity index (χ2v) is 4.50. The van der Waals surface area contributed by atoms with Crippen LogP contribution in [0.15, 0.2) is 18.2 Å². The van der Waals surface area contributed by atoms with Gasteiger partial charge in [-0.2, -0.15) is 0 Å². The zero-order valence-electron chi connectivity index (χ0n) is 11.2. The number of aromatic nitrogens is 1. The molecule has 0 fully saturated rings. The smallest absolute Gasteiger partial charge is 0.124 e. The van der Waals surface area contributed by atoms with E-state index in [2.05, 4.69) is 24.1 Å². The monoisotopic (exact) mass is 246 g/mol. The highest BCUT2D eigenvalue weighted by molar-refractivity contribution is 5.93. The number of hydrogen-bond acceptors (Lipinski definition) is 2. The largest absolute Gasteiger partial charge is 0.384 e. The Labute approximate surface area is 107 Å². The number of aryl methyl sites for hydroxylation is 1. The minimum Gasteiger partial charge on any atom is -0.384 e. The van der Waals surface area contributed by atoms with Gasteiger partial charge in [-0.3, -0.25) is 4.98 Å². The number of benzene rings is 1. The van der Waals surface area contributed by atoms with E-state index in [0.29, 0.717) is 0 Å². The van der Waals surface area contributed by atoms with Gasteiger partial charge in [0, 0.05) is 23.3 Å². The van der Waals surface area contributed by atoms with E-state index in [1.54, 1.807) is 12.1 Å². The van der Waals surface area contributed by atoms with Crippen molar-refractivity contribution in [3.05, 3.63) is 35.3 Å². The quantitative estimate of drug-likeness (QED) is 0.879. The summed E-state index contributed by atoms with van der Waals surface area (Å²) in [5.41, 5.74) is 4.09. The lowest BCUT2D eigenvalue weighted by Crippen LogP contribution is -2.06. The molecule has 0 unspecified atom stereocenters. The molecule has 0 aliphatic carbocycles. The molecule has 0 spiro atoms. The Kier molecular flexibility index (Phi) is 3.80. The van der Waals surface area contributed by atoms with Gasteiger partial charge in [-0.25, -0.2) is 4.39 Å². The van der Waals surface area contributed by atoms with Gasteiger partial charge in [-0.05, 0) is 43.5 Å². The highest BCUT2D eigenvalue weighted by Gasteiger charge is 2.10. The molecule has 0 radical (unpaired) electrons. The van der Waals surface area contributed by atoms with Crippen LogP contribution in [0, 0.1) is 12.7 Å². The van der Waals surface area contributed by atoms with Gasteiger partial charge in [0.25, 0.3) is 0 Å². The first-order valence-electron chi connectivity index (χ1n) is 6.50. The molecule has 0 saturated heterocycles. The van der Waals surface area contributed by atoms with E-state index in [4.69, 9.17) is 0 Å². The predicted octanol–water partition coefficient (Wildman–Crippen LogP) is 4.07. The maximum absolute atomic E-state index is 13.4. The third-order valence-corrected chi connectivity index (χ3v) is 3.18. The molecule has 3 heteroatoms. The van der Waals surface area contributed by atoms with E-state index >= 15 is 0 Å². The zero-order chi connectivity index (χ0) is 13.1. The van der Waals surface area contributed by atoms with E-state index in [1.807, 2.05) is 6.92 Å². The third kappa shape index (κ3) is 2.30. The summed E-state index contributed by atoms with van der Waals surface area (Å²) in [6, 6.07) is 4.78. The van der Waals surface area contributed by atoms with Gasteiger partial charge in [0.15, 0.2) is 0 Å². The number of nitrogens with zero attached hydrogens (tertiary/aromatic N) is 1. The van der Waals surface area contributed by atoms with Crippen LogP contribution in [0.2, 0.25) is 0 Å². The summed E-state index contributed by atoms with van der Waals surface area (Å²) < 4.78 is 13.4. The lowest BCUT2D eigenvalue weighted by atomic mass is 10.1. The fourth-order valence-corrected chi connectivity index (χ4v) is 2.20. The van der Waals surface area contributed by atoms with Crippen molar-refractivity contribution in [2.24, 2.45) is 0 Å². The first-order valence-corrected chi connectivity index (χ1v) is 6.50. The lowest BCUT2D eigenvalue weighted by molar-refractivity contribution is 0.629. The minimum atomic E-state index is -0.215. The summed E-state index contributed by atoms with van der Waals surface area (Å²) in [6.07, 6.45) is 1.93. The van der Waals surface area contributed by atoms with E-state index in [1.165, 1.54) is 6.07 Å². The molecule has 2 nitrogen and oxygen atoms in total. The molecule has 0 aliphatic rings. The summed E-state index contributed by atoms with van der Waals surface area (Å²) in [4.78, 5) is 4.60. The SMILES string of the molecule is CCCNc1c(C)c(CC)nc2ccc(F)cc12. The maximum atomic E-state index is 13.4. The number of halogens is 1. The van der Waals surface area contributed by atoms with Crippen LogP contribution in [0.25, 0.3) is 10.9 Å². The number of nitrogens with one attached hydrogen (secondary N) is 1. The Morgan fingerprint density at radius 1 is 1.28 bits per heavy atom. The summed E-state index contributed by atoms with van der Waals surface area (Å²) in [6.45, 7) is 7.15. The highest BCUT2D eigenvalue weighted by atomic mass is 19.1. The Hall–Kier alpha value is -1.64. The molecule has 1 aromatic heterocycles. The Balaban J connectivity index is 2.66. The van der Waals surface area contributed by atoms with Crippen molar-refractivity contribution in [3.8, 4) is 0 Å². The number of pyridine rings is 1. The molecule has 0 aliphatic heterocycles. The van der Waals surface area contributed by atoms with Gasteiger partial charge >= 0.3 is 0 Å². The Bertz CT molecular complexity index is 564. The van der Waals surface area contributed by atoms with E-state index in [-0.39, 0.29) is 5.82 Å². The van der Waals surface area contributed by atoms with Crippen LogP contribution < -0.4 is 5.32 Å². The molecule has 0 atom stereocenters. The van der Waals surface area contributed by atoms with Gasteiger partial charge in [0.1, 0.15) is 5.82 Å². The zero-order valence-corrected chi connectivity index (χ0v) is 11.2. The van der Waals surface area contributed by atoms with Gasteiger partial charge in [-0.1, -0.05) is 13.8 Å². The molecular weight excluding hydrogens is 227 g/mol. The van der Waals surface area contributed by atoms with Crippen molar-refractivity contribution < 1.29 is 4.39 Å². The van der Waals surface area contributed by atoms with E-state index in [0.717, 1.165) is 47.2 Å². The maximum Gasteiger partial charge on any atom is 0.124 e. The van der Waals surface area contributed by atoms with Crippen LogP contribution in [-0.2, 0) is 6.42 Å². The van der Waals surface area contributed by atoms with Crippen molar-refractivity contribution in [3.63, 3.8) is 0 Å². The van der Waals surface area contributed by atoms with Crippen LogP contribution in [0.1, 0.15) is 31.5 Å². The predicted molar refractivity (Wildman–Crippen MR) is 74.6 cm³/mol. The average molecular weight is 246 g/mol. The molecule has 96 valence electrons. The van der Waals surface area contributed by atoms with Crippen molar-refractivity contribution in [2.45, 2.75) is 33.6 Å². The van der Waals surface area contributed by atoms with Crippen LogP contribution in [0.3, 0.4) is 0 Å². The van der Waals surface area contributed by atoms with Gasteiger partial charge < -0.3 is 5.32 Å². The number of anilines is 1. The molecule has 2 aromatic rings. The van der Waals surface area contributed by atoms with Crippen molar-refractivity contribution in [1.29, 1.82) is 0 Å². The fraction of sp³-hybridized carbons (Fsp3) is 0.400. The Morgan fingerprint density at radius 2 is 2.06 bits per heavy atom. The average Bonchev–Trinajstić information content (AvgIpc) is 2.37. The van der Waals surface area contributed by atoms with E-state index < -0.39 is 0 Å². The number of rotatable bonds is 4. The summed E-state index contributed by atoms with van der Waals surface area (Å²) in [5.74, 6) is -0.215. The number of hydrogen-bond donors (Lipinski definition) is 1. The van der Waals surface area contributed by atoms with E-state index in [9.17, 15) is 4.39 Å². The standard InChI is InChI=1S/C15H19FN2/c1-4-8-17-15-10(3)13(5-2)18-14-7-6-11(16)9-12(14)15/h6-7,9H,4-5,8H2,1-3H3,(H,17,18). The Morgan fingerprint density at radius 3 is 2.72 bits per heavy atom. The molecule has 0 saturated carbocycles. The molecule has 1 heterocycles. The first-order chi connectivity index (χ1) is 8.67. The first kappa shape index (κ1) is 12.8. The minimum absolute atomic E-state index is 0.215. The summed E-state index contributed by atoms with van der Waals surface area (Å²) in [7, 11) is 0. The van der Waals surface area contributed by atoms with Crippen LogP contribution in [-0.4, -0.2) is 11.5 Å². The van der Waals surface area contributed by atoms with Gasteiger partial charge in [-0.15, -0.1) is 0 Å².